The number of amidine groups is 1. The highest BCUT2D eigenvalue weighted by Gasteiger charge is 2.09. The third-order valence-electron chi connectivity index (χ3n) is 2.32. The predicted molar refractivity (Wildman–Crippen MR) is 71.6 cm³/mol. The van der Waals surface area contributed by atoms with Crippen LogP contribution in [0.3, 0.4) is 0 Å². The lowest BCUT2D eigenvalue weighted by molar-refractivity contribution is -0.117. The first-order valence-electron chi connectivity index (χ1n) is 5.28. The minimum atomic E-state index is -0.148. The van der Waals surface area contributed by atoms with Crippen molar-refractivity contribution in [2.45, 2.75) is 6.42 Å². The Morgan fingerprint density at radius 1 is 1.41 bits per heavy atom. The molecule has 4 nitrogen and oxygen atoms in total. The molecule has 17 heavy (non-hydrogen) atoms. The first-order chi connectivity index (χ1) is 8.29. The van der Waals surface area contributed by atoms with E-state index in [9.17, 15) is 4.79 Å². The second-order valence-electron chi connectivity index (χ2n) is 3.56. The first kappa shape index (κ1) is 11.7. The Balaban J connectivity index is 1.99. The van der Waals surface area contributed by atoms with E-state index in [1.807, 2.05) is 36.4 Å². The zero-order valence-electron chi connectivity index (χ0n) is 9.18. The van der Waals surface area contributed by atoms with E-state index >= 15 is 0 Å². The molecule has 0 fully saturated rings. The summed E-state index contributed by atoms with van der Waals surface area (Å²) in [6, 6.07) is 9.92. The number of nitrogens with zero attached hydrogens (tertiary/aromatic N) is 1. The standard InChI is InChI=1S/C12H13N3OS/c16-12(8-17)13-11-7-6-10(14-15-11)9-4-2-1-3-5-9/h1-6,14,17H,7-8H2,(H,13,15,16). The van der Waals surface area contributed by atoms with Gasteiger partial charge >= 0.3 is 0 Å². The van der Waals surface area contributed by atoms with Crippen LogP contribution in [0.25, 0.3) is 5.70 Å². The van der Waals surface area contributed by atoms with Crippen molar-refractivity contribution >= 4 is 30.1 Å². The van der Waals surface area contributed by atoms with Crippen LogP contribution in [-0.4, -0.2) is 17.5 Å². The maximum absolute atomic E-state index is 11.1. The van der Waals surface area contributed by atoms with E-state index in [4.69, 9.17) is 0 Å². The Labute approximate surface area is 105 Å². The van der Waals surface area contributed by atoms with Crippen molar-refractivity contribution in [1.29, 1.82) is 0 Å². The molecule has 0 bridgehead atoms. The molecule has 1 amide bonds. The summed E-state index contributed by atoms with van der Waals surface area (Å²) >= 11 is 3.89. The fourth-order valence-corrected chi connectivity index (χ4v) is 1.58. The molecule has 2 rings (SSSR count). The van der Waals surface area contributed by atoms with Crippen LogP contribution in [0.15, 0.2) is 41.5 Å². The van der Waals surface area contributed by atoms with Gasteiger partial charge in [0.2, 0.25) is 5.91 Å². The van der Waals surface area contributed by atoms with Gasteiger partial charge in [-0.2, -0.15) is 17.7 Å². The average molecular weight is 247 g/mol. The number of rotatable bonds is 2. The first-order valence-corrected chi connectivity index (χ1v) is 5.91. The van der Waals surface area contributed by atoms with Crippen molar-refractivity contribution in [3.63, 3.8) is 0 Å². The van der Waals surface area contributed by atoms with Crippen molar-refractivity contribution in [3.05, 3.63) is 42.0 Å². The minimum Gasteiger partial charge on any atom is -0.312 e. The molecule has 1 heterocycles. The maximum Gasteiger partial charge on any atom is 0.235 e. The molecular weight excluding hydrogens is 234 g/mol. The fraction of sp³-hybridized carbons (Fsp3) is 0.167. The Morgan fingerprint density at radius 3 is 2.76 bits per heavy atom. The smallest absolute Gasteiger partial charge is 0.235 e. The molecule has 5 heteroatoms. The molecular formula is C12H13N3OS. The Hall–Kier alpha value is -1.75. The molecule has 0 unspecified atom stereocenters. The average Bonchev–Trinajstić information content (AvgIpc) is 2.40. The molecule has 88 valence electrons. The van der Waals surface area contributed by atoms with Gasteiger partial charge in [0.15, 0.2) is 0 Å². The molecule has 1 aliphatic heterocycles. The summed E-state index contributed by atoms with van der Waals surface area (Å²) < 4.78 is 0. The van der Waals surface area contributed by atoms with Gasteiger partial charge < -0.3 is 5.32 Å². The lowest BCUT2D eigenvalue weighted by Gasteiger charge is -2.15. The summed E-state index contributed by atoms with van der Waals surface area (Å²) in [6.07, 6.45) is 2.60. The van der Waals surface area contributed by atoms with Crippen LogP contribution in [0.2, 0.25) is 0 Å². The van der Waals surface area contributed by atoms with Crippen molar-refractivity contribution in [2.24, 2.45) is 5.10 Å². The third-order valence-corrected chi connectivity index (χ3v) is 2.61. The van der Waals surface area contributed by atoms with Crippen molar-refractivity contribution in [2.75, 3.05) is 5.75 Å². The fourth-order valence-electron chi connectivity index (χ4n) is 1.50. The molecule has 0 aliphatic carbocycles. The zero-order chi connectivity index (χ0) is 12.1. The number of benzene rings is 1. The highest BCUT2D eigenvalue weighted by molar-refractivity contribution is 7.81. The molecule has 1 aromatic carbocycles. The van der Waals surface area contributed by atoms with E-state index in [0.717, 1.165) is 11.3 Å². The van der Waals surface area contributed by atoms with Crippen LogP contribution in [0.1, 0.15) is 12.0 Å². The number of hydrazone groups is 1. The van der Waals surface area contributed by atoms with Crippen molar-refractivity contribution in [3.8, 4) is 0 Å². The monoisotopic (exact) mass is 247 g/mol. The Morgan fingerprint density at radius 2 is 2.18 bits per heavy atom. The van der Waals surface area contributed by atoms with Gasteiger partial charge in [0, 0.05) is 6.42 Å². The molecule has 0 saturated heterocycles. The normalized spacial score (nSPS) is 14.4. The second kappa shape index (κ2) is 5.54. The topological polar surface area (TPSA) is 53.5 Å². The van der Waals surface area contributed by atoms with E-state index in [-0.39, 0.29) is 11.7 Å². The highest BCUT2D eigenvalue weighted by atomic mass is 32.1. The van der Waals surface area contributed by atoms with E-state index < -0.39 is 0 Å². The summed E-state index contributed by atoms with van der Waals surface area (Å²) in [5.41, 5.74) is 4.96. The maximum atomic E-state index is 11.1. The summed E-state index contributed by atoms with van der Waals surface area (Å²) in [4.78, 5) is 11.1. The summed E-state index contributed by atoms with van der Waals surface area (Å²) in [6.45, 7) is 0. The number of amides is 1. The molecule has 0 spiro atoms. The second-order valence-corrected chi connectivity index (χ2v) is 3.88. The van der Waals surface area contributed by atoms with E-state index in [2.05, 4.69) is 28.5 Å². The van der Waals surface area contributed by atoms with Gasteiger partial charge in [0.25, 0.3) is 0 Å². The quantitative estimate of drug-likeness (QED) is 0.692. The van der Waals surface area contributed by atoms with Crippen molar-refractivity contribution < 1.29 is 4.79 Å². The van der Waals surface area contributed by atoms with Crippen LogP contribution < -0.4 is 10.7 Å². The van der Waals surface area contributed by atoms with Gasteiger partial charge in [0.05, 0.1) is 11.4 Å². The molecule has 0 saturated carbocycles. The Bertz CT molecular complexity index is 468. The predicted octanol–water partition coefficient (Wildman–Crippen LogP) is 1.38. The zero-order valence-corrected chi connectivity index (χ0v) is 10.1. The highest BCUT2D eigenvalue weighted by Crippen LogP contribution is 2.14. The van der Waals surface area contributed by atoms with Gasteiger partial charge in [-0.1, -0.05) is 36.4 Å². The minimum absolute atomic E-state index is 0.148. The SMILES string of the molecule is O=C(CS)NC1=NNC(c2ccccc2)=CC1. The number of carbonyl (C=O) groups excluding carboxylic acids is 1. The van der Waals surface area contributed by atoms with Gasteiger partial charge in [-0.3, -0.25) is 10.2 Å². The lowest BCUT2D eigenvalue weighted by atomic mass is 10.1. The largest absolute Gasteiger partial charge is 0.312 e. The summed E-state index contributed by atoms with van der Waals surface area (Å²) in [5.74, 6) is 0.628. The molecule has 1 aliphatic rings. The van der Waals surface area contributed by atoms with Crippen molar-refractivity contribution in [1.82, 2.24) is 10.7 Å². The summed E-state index contributed by atoms with van der Waals surface area (Å²) in [7, 11) is 0. The number of carbonyl (C=O) groups is 1. The van der Waals surface area contributed by atoms with Crippen LogP contribution in [0.5, 0.6) is 0 Å². The molecule has 0 aromatic heterocycles. The van der Waals surface area contributed by atoms with E-state index in [0.29, 0.717) is 12.3 Å². The Kier molecular flexibility index (Phi) is 3.82. The molecule has 2 N–H and O–H groups in total. The van der Waals surface area contributed by atoms with Crippen LogP contribution in [-0.2, 0) is 4.79 Å². The van der Waals surface area contributed by atoms with E-state index in [1.54, 1.807) is 0 Å². The third kappa shape index (κ3) is 3.10. The molecule has 0 atom stereocenters. The van der Waals surface area contributed by atoms with Gasteiger partial charge in [0.1, 0.15) is 5.84 Å². The van der Waals surface area contributed by atoms with E-state index in [1.165, 1.54) is 0 Å². The van der Waals surface area contributed by atoms with Crippen LogP contribution in [0, 0.1) is 0 Å². The molecule has 1 aromatic rings. The van der Waals surface area contributed by atoms with Crippen LogP contribution in [0.4, 0.5) is 0 Å². The number of hydrogen-bond acceptors (Lipinski definition) is 4. The van der Waals surface area contributed by atoms with Gasteiger partial charge in [-0.15, -0.1) is 0 Å². The van der Waals surface area contributed by atoms with Gasteiger partial charge in [-0.25, -0.2) is 0 Å². The number of thiol groups is 1. The lowest BCUT2D eigenvalue weighted by Crippen LogP contribution is -2.34. The van der Waals surface area contributed by atoms with Gasteiger partial charge in [-0.05, 0) is 5.56 Å². The molecule has 0 radical (unpaired) electrons. The van der Waals surface area contributed by atoms with Crippen LogP contribution >= 0.6 is 12.6 Å². The number of hydrogen-bond donors (Lipinski definition) is 3. The number of nitrogens with one attached hydrogen (secondary N) is 2. The summed E-state index contributed by atoms with van der Waals surface area (Å²) in [5, 5.41) is 6.78.